The molecule has 2 aromatic carbocycles. The average molecular weight is 399 g/mol. The summed E-state index contributed by atoms with van der Waals surface area (Å²) < 4.78 is 20.8. The van der Waals surface area contributed by atoms with Gasteiger partial charge >= 0.3 is 5.97 Å². The van der Waals surface area contributed by atoms with E-state index in [1.807, 2.05) is 37.3 Å². The smallest absolute Gasteiger partial charge is 0.331 e. The van der Waals surface area contributed by atoms with Crippen LogP contribution in [0.1, 0.15) is 24.1 Å². The van der Waals surface area contributed by atoms with Crippen LogP contribution in [0.5, 0.6) is 17.2 Å². The zero-order valence-electron chi connectivity index (χ0n) is 16.9. The van der Waals surface area contributed by atoms with Crippen molar-refractivity contribution >= 4 is 18.0 Å². The van der Waals surface area contributed by atoms with Crippen molar-refractivity contribution in [3.63, 3.8) is 0 Å². The fourth-order valence-corrected chi connectivity index (χ4v) is 2.63. The van der Waals surface area contributed by atoms with Gasteiger partial charge in [0.1, 0.15) is 5.75 Å². The Morgan fingerprint density at radius 2 is 1.59 bits per heavy atom. The van der Waals surface area contributed by atoms with Crippen molar-refractivity contribution in [3.8, 4) is 17.2 Å². The third kappa shape index (κ3) is 6.27. The second-order valence-corrected chi connectivity index (χ2v) is 6.09. The Kier molecular flexibility index (Phi) is 8.09. The number of ether oxygens (including phenoxy) is 4. The van der Waals surface area contributed by atoms with Gasteiger partial charge in [-0.3, -0.25) is 4.79 Å². The van der Waals surface area contributed by atoms with Gasteiger partial charge in [0.25, 0.3) is 5.91 Å². The standard InChI is InChI=1S/C22H25NO6/c1-15(16-8-6-5-7-9-16)23-21(24)14-29-22(25)11-10-17-12-19(27-3)20(28-4)13-18(17)26-2/h5-13,15H,14H2,1-4H3,(H,23,24)/b11-10+/t15-/m1/s1. The zero-order valence-corrected chi connectivity index (χ0v) is 16.9. The van der Waals surface area contributed by atoms with E-state index in [0.29, 0.717) is 22.8 Å². The molecule has 0 aliphatic heterocycles. The molecule has 0 aliphatic rings. The fourth-order valence-electron chi connectivity index (χ4n) is 2.63. The molecule has 0 aromatic heterocycles. The number of nitrogens with one attached hydrogen (secondary N) is 1. The maximum absolute atomic E-state index is 12.0. The molecule has 154 valence electrons. The number of hydrogen-bond acceptors (Lipinski definition) is 6. The first kappa shape index (κ1) is 21.8. The van der Waals surface area contributed by atoms with Crippen LogP contribution in [0.4, 0.5) is 0 Å². The van der Waals surface area contributed by atoms with Gasteiger partial charge in [-0.05, 0) is 24.6 Å². The summed E-state index contributed by atoms with van der Waals surface area (Å²) in [6.45, 7) is 1.49. The molecule has 1 amide bonds. The van der Waals surface area contributed by atoms with Gasteiger partial charge in [-0.2, -0.15) is 0 Å². The molecule has 1 N–H and O–H groups in total. The van der Waals surface area contributed by atoms with Crippen molar-refractivity contribution in [3.05, 3.63) is 59.7 Å². The lowest BCUT2D eigenvalue weighted by atomic mass is 10.1. The van der Waals surface area contributed by atoms with Gasteiger partial charge in [0.2, 0.25) is 0 Å². The summed E-state index contributed by atoms with van der Waals surface area (Å²) in [5, 5.41) is 2.78. The van der Waals surface area contributed by atoms with Crippen LogP contribution in [0.25, 0.3) is 6.08 Å². The molecule has 7 heteroatoms. The molecular formula is C22H25NO6. The third-order valence-corrected chi connectivity index (χ3v) is 4.16. The van der Waals surface area contributed by atoms with Gasteiger partial charge in [0, 0.05) is 17.7 Å². The molecule has 0 saturated carbocycles. The van der Waals surface area contributed by atoms with Gasteiger partial charge in [-0.25, -0.2) is 4.79 Å². The van der Waals surface area contributed by atoms with Crippen molar-refractivity contribution < 1.29 is 28.5 Å². The van der Waals surface area contributed by atoms with E-state index in [0.717, 1.165) is 5.56 Å². The van der Waals surface area contributed by atoms with Crippen LogP contribution in [-0.2, 0) is 14.3 Å². The predicted molar refractivity (Wildman–Crippen MR) is 109 cm³/mol. The molecule has 7 nitrogen and oxygen atoms in total. The lowest BCUT2D eigenvalue weighted by molar-refractivity contribution is -0.144. The monoisotopic (exact) mass is 399 g/mol. The highest BCUT2D eigenvalue weighted by molar-refractivity contribution is 5.90. The summed E-state index contributed by atoms with van der Waals surface area (Å²) >= 11 is 0. The van der Waals surface area contributed by atoms with E-state index in [2.05, 4.69) is 5.32 Å². The lowest BCUT2D eigenvalue weighted by Gasteiger charge is -2.14. The fraction of sp³-hybridized carbons (Fsp3) is 0.273. The number of carbonyl (C=O) groups is 2. The number of benzene rings is 2. The SMILES string of the molecule is COc1cc(OC)c(OC)cc1/C=C/C(=O)OCC(=O)N[C@H](C)c1ccccc1. The minimum absolute atomic E-state index is 0.186. The summed E-state index contributed by atoms with van der Waals surface area (Å²) in [4.78, 5) is 24.0. The minimum atomic E-state index is -0.649. The first-order valence-electron chi connectivity index (χ1n) is 8.97. The Morgan fingerprint density at radius 3 is 2.21 bits per heavy atom. The molecule has 2 aromatic rings. The second-order valence-electron chi connectivity index (χ2n) is 6.09. The molecule has 1 atom stereocenters. The van der Waals surface area contributed by atoms with Crippen molar-refractivity contribution in [2.75, 3.05) is 27.9 Å². The quantitative estimate of drug-likeness (QED) is 0.515. The topological polar surface area (TPSA) is 83.1 Å². The van der Waals surface area contributed by atoms with E-state index >= 15 is 0 Å². The number of rotatable bonds is 9. The second kappa shape index (κ2) is 10.8. The maximum atomic E-state index is 12.0. The lowest BCUT2D eigenvalue weighted by Crippen LogP contribution is -2.30. The summed E-state index contributed by atoms with van der Waals surface area (Å²) in [5.41, 5.74) is 1.57. The predicted octanol–water partition coefficient (Wildman–Crippen LogP) is 3.15. The number of hydrogen-bond donors (Lipinski definition) is 1. The summed E-state index contributed by atoms with van der Waals surface area (Å²) in [6, 6.07) is 12.7. The summed E-state index contributed by atoms with van der Waals surface area (Å²) in [5.74, 6) is 0.473. The molecular weight excluding hydrogens is 374 g/mol. The molecule has 0 saturated heterocycles. The normalized spacial score (nSPS) is 11.6. The van der Waals surface area contributed by atoms with Crippen molar-refractivity contribution in [1.29, 1.82) is 0 Å². The zero-order chi connectivity index (χ0) is 21.2. The first-order chi connectivity index (χ1) is 14.0. The molecule has 0 spiro atoms. The highest BCUT2D eigenvalue weighted by atomic mass is 16.5. The molecule has 2 rings (SSSR count). The molecule has 0 radical (unpaired) electrons. The van der Waals surface area contributed by atoms with Crippen LogP contribution in [0.3, 0.4) is 0 Å². The van der Waals surface area contributed by atoms with Gasteiger partial charge < -0.3 is 24.3 Å². The highest BCUT2D eigenvalue weighted by Gasteiger charge is 2.12. The Labute approximate surface area is 170 Å². The minimum Gasteiger partial charge on any atom is -0.496 e. The molecule has 0 unspecified atom stereocenters. The van der Waals surface area contributed by atoms with Gasteiger partial charge in [-0.1, -0.05) is 30.3 Å². The number of amides is 1. The third-order valence-electron chi connectivity index (χ3n) is 4.16. The number of esters is 1. The largest absolute Gasteiger partial charge is 0.496 e. The maximum Gasteiger partial charge on any atom is 0.331 e. The summed E-state index contributed by atoms with van der Waals surface area (Å²) in [6.07, 6.45) is 2.74. The first-order valence-corrected chi connectivity index (χ1v) is 8.97. The van der Waals surface area contributed by atoms with Crippen LogP contribution in [0.2, 0.25) is 0 Å². The van der Waals surface area contributed by atoms with Crippen molar-refractivity contribution in [2.24, 2.45) is 0 Å². The van der Waals surface area contributed by atoms with Gasteiger partial charge in [-0.15, -0.1) is 0 Å². The van der Waals surface area contributed by atoms with E-state index in [1.54, 1.807) is 12.1 Å². The number of carbonyl (C=O) groups excluding carboxylic acids is 2. The Morgan fingerprint density at radius 1 is 0.966 bits per heavy atom. The van der Waals surface area contributed by atoms with Crippen molar-refractivity contribution in [1.82, 2.24) is 5.32 Å². The van der Waals surface area contributed by atoms with Gasteiger partial charge in [0.05, 0.1) is 27.4 Å². The van der Waals surface area contributed by atoms with Crippen LogP contribution in [0.15, 0.2) is 48.5 Å². The van der Waals surface area contributed by atoms with Crippen LogP contribution < -0.4 is 19.5 Å². The van der Waals surface area contributed by atoms with E-state index in [4.69, 9.17) is 18.9 Å². The molecule has 0 bridgehead atoms. The van der Waals surface area contributed by atoms with Crippen LogP contribution in [0, 0.1) is 0 Å². The molecule has 29 heavy (non-hydrogen) atoms. The highest BCUT2D eigenvalue weighted by Crippen LogP contribution is 2.35. The van der Waals surface area contributed by atoms with Gasteiger partial charge in [0.15, 0.2) is 18.1 Å². The molecule has 0 aliphatic carbocycles. The Hall–Kier alpha value is -3.48. The van der Waals surface area contributed by atoms with Crippen LogP contribution >= 0.6 is 0 Å². The molecule has 0 fully saturated rings. The van der Waals surface area contributed by atoms with E-state index in [-0.39, 0.29) is 18.6 Å². The van der Waals surface area contributed by atoms with E-state index < -0.39 is 5.97 Å². The molecule has 0 heterocycles. The summed E-state index contributed by atoms with van der Waals surface area (Å²) in [7, 11) is 4.55. The van der Waals surface area contributed by atoms with Crippen LogP contribution in [-0.4, -0.2) is 39.8 Å². The number of methoxy groups -OCH3 is 3. The van der Waals surface area contributed by atoms with E-state index in [1.165, 1.54) is 33.5 Å². The van der Waals surface area contributed by atoms with E-state index in [9.17, 15) is 9.59 Å². The van der Waals surface area contributed by atoms with Crippen molar-refractivity contribution in [2.45, 2.75) is 13.0 Å². The Bertz CT molecular complexity index is 863. The Balaban J connectivity index is 1.93. The average Bonchev–Trinajstić information content (AvgIpc) is 2.76.